The number of hydrogen-bond acceptors (Lipinski definition) is 3. The van der Waals surface area contributed by atoms with Crippen LogP contribution in [0, 0.1) is 12.8 Å². The highest BCUT2D eigenvalue weighted by Gasteiger charge is 2.08. The third-order valence-corrected chi connectivity index (χ3v) is 3.58. The highest BCUT2D eigenvalue weighted by Crippen LogP contribution is 2.15. The van der Waals surface area contributed by atoms with Crippen molar-refractivity contribution >= 4 is 11.9 Å². The van der Waals surface area contributed by atoms with Crippen molar-refractivity contribution in [1.82, 2.24) is 15.5 Å². The zero-order valence-corrected chi connectivity index (χ0v) is 15.4. The summed E-state index contributed by atoms with van der Waals surface area (Å²) in [5, 5.41) is 6.10. The molecule has 1 aromatic rings. The van der Waals surface area contributed by atoms with Crippen LogP contribution >= 0.6 is 0 Å². The third kappa shape index (κ3) is 6.89. The number of amides is 1. The molecule has 6 heteroatoms. The van der Waals surface area contributed by atoms with E-state index < -0.39 is 0 Å². The molecule has 6 nitrogen and oxygen atoms in total. The SMILES string of the molecule is CN=C(NCCNC(=O)C(C)C)N(C)CCOc1ccccc1C. The van der Waals surface area contributed by atoms with E-state index in [0.717, 1.165) is 17.3 Å². The number of guanidine groups is 1. The normalized spacial score (nSPS) is 11.3. The molecule has 0 atom stereocenters. The van der Waals surface area contributed by atoms with Crippen molar-refractivity contribution in [1.29, 1.82) is 0 Å². The molecule has 1 amide bonds. The second-order valence-corrected chi connectivity index (χ2v) is 5.96. The minimum Gasteiger partial charge on any atom is -0.491 e. The molecular formula is C18H30N4O2. The number of aryl methyl sites for hydroxylation is 1. The summed E-state index contributed by atoms with van der Waals surface area (Å²) < 4.78 is 5.80. The molecule has 0 heterocycles. The van der Waals surface area contributed by atoms with Crippen LogP contribution in [0.4, 0.5) is 0 Å². The summed E-state index contributed by atoms with van der Waals surface area (Å²) in [5.41, 5.74) is 1.13. The second-order valence-electron chi connectivity index (χ2n) is 5.96. The van der Waals surface area contributed by atoms with Crippen LogP contribution in [0.5, 0.6) is 5.75 Å². The van der Waals surface area contributed by atoms with Crippen LogP contribution in [0.2, 0.25) is 0 Å². The second kappa shape index (κ2) is 10.5. The Kier molecular flexibility index (Phi) is 8.68. The van der Waals surface area contributed by atoms with E-state index >= 15 is 0 Å². The van der Waals surface area contributed by atoms with Crippen molar-refractivity contribution in [2.45, 2.75) is 20.8 Å². The number of carbonyl (C=O) groups is 1. The first kappa shape index (κ1) is 19.8. The molecule has 0 aromatic heterocycles. The minimum absolute atomic E-state index is 0.00517. The van der Waals surface area contributed by atoms with E-state index in [9.17, 15) is 4.79 Å². The first-order valence-electron chi connectivity index (χ1n) is 8.33. The molecule has 0 unspecified atom stereocenters. The lowest BCUT2D eigenvalue weighted by atomic mass is 10.2. The summed E-state index contributed by atoms with van der Waals surface area (Å²) in [5.74, 6) is 1.75. The average Bonchev–Trinajstić information content (AvgIpc) is 2.56. The van der Waals surface area contributed by atoms with Gasteiger partial charge in [-0.05, 0) is 18.6 Å². The van der Waals surface area contributed by atoms with Crippen molar-refractivity contribution in [3.8, 4) is 5.75 Å². The van der Waals surface area contributed by atoms with Crippen molar-refractivity contribution in [2.24, 2.45) is 10.9 Å². The maximum Gasteiger partial charge on any atom is 0.222 e. The smallest absolute Gasteiger partial charge is 0.222 e. The van der Waals surface area contributed by atoms with E-state index in [-0.39, 0.29) is 11.8 Å². The molecule has 134 valence electrons. The number of ether oxygens (including phenoxy) is 1. The van der Waals surface area contributed by atoms with Crippen molar-refractivity contribution in [3.05, 3.63) is 29.8 Å². The van der Waals surface area contributed by atoms with Gasteiger partial charge in [-0.3, -0.25) is 9.79 Å². The van der Waals surface area contributed by atoms with E-state index in [1.165, 1.54) is 0 Å². The Morgan fingerprint density at radius 1 is 1.25 bits per heavy atom. The van der Waals surface area contributed by atoms with Crippen LogP contribution in [0.3, 0.4) is 0 Å². The van der Waals surface area contributed by atoms with Gasteiger partial charge in [0.05, 0.1) is 6.54 Å². The lowest BCUT2D eigenvalue weighted by molar-refractivity contribution is -0.123. The molecule has 2 N–H and O–H groups in total. The van der Waals surface area contributed by atoms with E-state index in [1.807, 2.05) is 57.0 Å². The monoisotopic (exact) mass is 334 g/mol. The van der Waals surface area contributed by atoms with Crippen LogP contribution < -0.4 is 15.4 Å². The Hall–Kier alpha value is -2.24. The predicted octanol–water partition coefficient (Wildman–Crippen LogP) is 1.65. The molecule has 0 saturated heterocycles. The molecule has 0 aliphatic carbocycles. The van der Waals surface area contributed by atoms with Crippen LogP contribution in [-0.2, 0) is 4.79 Å². The van der Waals surface area contributed by atoms with Gasteiger partial charge < -0.3 is 20.3 Å². The summed E-state index contributed by atoms with van der Waals surface area (Å²) in [7, 11) is 3.71. The number of likely N-dealkylation sites (N-methyl/N-ethyl adjacent to an activating group) is 1. The summed E-state index contributed by atoms with van der Waals surface area (Å²) in [4.78, 5) is 17.7. The Balaban J connectivity index is 2.30. The number of para-hydroxylation sites is 1. The highest BCUT2D eigenvalue weighted by molar-refractivity contribution is 5.80. The maximum atomic E-state index is 11.5. The number of aliphatic imine (C=N–C) groups is 1. The van der Waals surface area contributed by atoms with Crippen molar-refractivity contribution in [2.75, 3.05) is 40.3 Å². The van der Waals surface area contributed by atoms with Crippen LogP contribution in [-0.4, -0.2) is 57.1 Å². The van der Waals surface area contributed by atoms with Gasteiger partial charge in [0.15, 0.2) is 5.96 Å². The van der Waals surface area contributed by atoms with E-state index in [2.05, 4.69) is 15.6 Å². The summed E-state index contributed by atoms with van der Waals surface area (Å²) in [6.45, 7) is 8.29. The van der Waals surface area contributed by atoms with Crippen LogP contribution in [0.15, 0.2) is 29.3 Å². The van der Waals surface area contributed by atoms with Gasteiger partial charge >= 0.3 is 0 Å². The van der Waals surface area contributed by atoms with Gasteiger partial charge in [0.25, 0.3) is 0 Å². The number of rotatable bonds is 8. The number of carbonyl (C=O) groups excluding carboxylic acids is 1. The summed E-state index contributed by atoms with van der Waals surface area (Å²) in [6.07, 6.45) is 0. The minimum atomic E-state index is 0.00517. The van der Waals surface area contributed by atoms with Gasteiger partial charge in [-0.1, -0.05) is 32.0 Å². The first-order chi connectivity index (χ1) is 11.5. The number of nitrogens with one attached hydrogen (secondary N) is 2. The number of hydrogen-bond donors (Lipinski definition) is 2. The zero-order chi connectivity index (χ0) is 17.9. The predicted molar refractivity (Wildman–Crippen MR) is 98.5 cm³/mol. The quantitative estimate of drug-likeness (QED) is 0.431. The van der Waals surface area contributed by atoms with Gasteiger partial charge in [0.2, 0.25) is 5.91 Å². The summed E-state index contributed by atoms with van der Waals surface area (Å²) in [6, 6.07) is 7.97. The van der Waals surface area contributed by atoms with E-state index in [0.29, 0.717) is 26.2 Å². The molecule has 0 aliphatic heterocycles. The molecule has 0 saturated carbocycles. The Morgan fingerprint density at radius 3 is 2.54 bits per heavy atom. The average molecular weight is 334 g/mol. The van der Waals surface area contributed by atoms with E-state index in [4.69, 9.17) is 4.74 Å². The lowest BCUT2D eigenvalue weighted by Gasteiger charge is -2.22. The molecule has 1 aromatic carbocycles. The fourth-order valence-corrected chi connectivity index (χ4v) is 2.07. The number of nitrogens with zero attached hydrogens (tertiary/aromatic N) is 2. The molecule has 0 spiro atoms. The standard InChI is InChI=1S/C18H30N4O2/c1-14(2)17(23)20-10-11-21-18(19-4)22(5)12-13-24-16-9-7-6-8-15(16)3/h6-9,14H,10-13H2,1-5H3,(H,19,21)(H,20,23). The Morgan fingerprint density at radius 2 is 1.92 bits per heavy atom. The van der Waals surface area contributed by atoms with Gasteiger partial charge in [-0.2, -0.15) is 0 Å². The molecule has 24 heavy (non-hydrogen) atoms. The third-order valence-electron chi connectivity index (χ3n) is 3.58. The molecule has 0 aliphatic rings. The Labute approximate surface area is 145 Å². The largest absolute Gasteiger partial charge is 0.491 e. The fraction of sp³-hybridized carbons (Fsp3) is 0.556. The van der Waals surface area contributed by atoms with Gasteiger partial charge in [-0.15, -0.1) is 0 Å². The van der Waals surface area contributed by atoms with Crippen molar-refractivity contribution in [3.63, 3.8) is 0 Å². The fourth-order valence-electron chi connectivity index (χ4n) is 2.07. The lowest BCUT2D eigenvalue weighted by Crippen LogP contribution is -2.44. The topological polar surface area (TPSA) is 66.0 Å². The van der Waals surface area contributed by atoms with Gasteiger partial charge in [0.1, 0.15) is 12.4 Å². The molecule has 0 bridgehead atoms. The Bertz CT molecular complexity index is 544. The molecular weight excluding hydrogens is 304 g/mol. The van der Waals surface area contributed by atoms with E-state index in [1.54, 1.807) is 7.05 Å². The number of benzene rings is 1. The van der Waals surface area contributed by atoms with Crippen molar-refractivity contribution < 1.29 is 9.53 Å². The first-order valence-corrected chi connectivity index (χ1v) is 8.33. The van der Waals surface area contributed by atoms with Crippen LogP contribution in [0.1, 0.15) is 19.4 Å². The molecule has 1 rings (SSSR count). The highest BCUT2D eigenvalue weighted by atomic mass is 16.5. The zero-order valence-electron chi connectivity index (χ0n) is 15.4. The van der Waals surface area contributed by atoms with Crippen LogP contribution in [0.25, 0.3) is 0 Å². The summed E-state index contributed by atoms with van der Waals surface area (Å²) >= 11 is 0. The molecule has 0 fully saturated rings. The van der Waals surface area contributed by atoms with Gasteiger partial charge in [-0.25, -0.2) is 0 Å². The molecule has 0 radical (unpaired) electrons. The van der Waals surface area contributed by atoms with Gasteiger partial charge in [0, 0.05) is 33.1 Å². The maximum absolute atomic E-state index is 11.5.